The lowest BCUT2D eigenvalue weighted by Gasteiger charge is -2.40. The van der Waals surface area contributed by atoms with E-state index in [9.17, 15) is 0 Å². The largest absolute Gasteiger partial charge is 0.493 e. The zero-order chi connectivity index (χ0) is 21.7. The molecule has 0 radical (unpaired) electrons. The third-order valence-electron chi connectivity index (χ3n) is 6.85. The highest BCUT2D eigenvalue weighted by atomic mass is 79.9. The van der Waals surface area contributed by atoms with Crippen molar-refractivity contribution in [2.75, 3.05) is 13.7 Å². The second-order valence-corrected chi connectivity index (χ2v) is 9.60. The molecule has 5 heteroatoms. The van der Waals surface area contributed by atoms with Gasteiger partial charge in [0.2, 0.25) is 0 Å². The Morgan fingerprint density at radius 3 is 2.78 bits per heavy atom. The number of aromatic nitrogens is 1. The molecule has 3 aromatic carbocycles. The molecule has 3 heterocycles. The van der Waals surface area contributed by atoms with Gasteiger partial charge in [0.1, 0.15) is 6.61 Å². The highest BCUT2D eigenvalue weighted by molar-refractivity contribution is 9.10. The molecule has 1 atom stereocenters. The minimum atomic E-state index is 0.362. The number of methoxy groups -OCH3 is 1. The van der Waals surface area contributed by atoms with Crippen molar-refractivity contribution in [1.29, 1.82) is 0 Å². The van der Waals surface area contributed by atoms with E-state index in [1.807, 2.05) is 18.2 Å². The fourth-order valence-corrected chi connectivity index (χ4v) is 5.60. The first kappa shape index (κ1) is 19.9. The lowest BCUT2D eigenvalue weighted by atomic mass is 9.85. The second-order valence-electron chi connectivity index (χ2n) is 8.69. The van der Waals surface area contributed by atoms with E-state index in [-0.39, 0.29) is 0 Å². The Bertz CT molecular complexity index is 1300. The molecular weight excluding hydrogens is 464 g/mol. The van der Waals surface area contributed by atoms with Gasteiger partial charge in [0.05, 0.1) is 7.11 Å². The van der Waals surface area contributed by atoms with Crippen LogP contribution in [0.5, 0.6) is 11.5 Å². The van der Waals surface area contributed by atoms with Crippen LogP contribution in [-0.4, -0.2) is 23.5 Å². The minimum absolute atomic E-state index is 0.362. The molecule has 162 valence electrons. The summed E-state index contributed by atoms with van der Waals surface area (Å²) in [5, 5.41) is 1.33. The van der Waals surface area contributed by atoms with Gasteiger partial charge in [0, 0.05) is 40.2 Å². The number of H-pyrrole nitrogens is 1. The van der Waals surface area contributed by atoms with Gasteiger partial charge in [0.25, 0.3) is 0 Å². The van der Waals surface area contributed by atoms with Gasteiger partial charge in [-0.1, -0.05) is 46.3 Å². The van der Waals surface area contributed by atoms with E-state index in [4.69, 9.17) is 9.47 Å². The number of nitrogens with one attached hydrogen (secondary N) is 1. The maximum absolute atomic E-state index is 6.18. The highest BCUT2D eigenvalue weighted by Gasteiger charge is 2.34. The molecule has 0 aliphatic carbocycles. The Kier molecular flexibility index (Phi) is 4.96. The summed E-state index contributed by atoms with van der Waals surface area (Å²) in [4.78, 5) is 6.25. The average molecular weight is 489 g/mol. The lowest BCUT2D eigenvalue weighted by Crippen LogP contribution is -2.39. The van der Waals surface area contributed by atoms with E-state index in [0.29, 0.717) is 12.6 Å². The molecular formula is C27H25BrN2O2. The number of nitrogens with zero attached hydrogens (tertiary/aromatic N) is 1. The van der Waals surface area contributed by atoms with Crippen molar-refractivity contribution in [2.24, 2.45) is 0 Å². The van der Waals surface area contributed by atoms with Gasteiger partial charge in [-0.25, -0.2) is 0 Å². The van der Waals surface area contributed by atoms with Crippen LogP contribution in [0.2, 0.25) is 0 Å². The zero-order valence-corrected chi connectivity index (χ0v) is 19.6. The molecule has 1 unspecified atom stereocenters. The van der Waals surface area contributed by atoms with Crippen LogP contribution in [0.25, 0.3) is 10.9 Å². The van der Waals surface area contributed by atoms with Crippen LogP contribution in [0.3, 0.4) is 0 Å². The number of hydrogen-bond donors (Lipinski definition) is 1. The van der Waals surface area contributed by atoms with Gasteiger partial charge in [-0.3, -0.25) is 4.90 Å². The van der Waals surface area contributed by atoms with Crippen molar-refractivity contribution in [2.45, 2.75) is 32.0 Å². The first-order valence-electron chi connectivity index (χ1n) is 11.1. The fraction of sp³-hybridized carbons (Fsp3) is 0.259. The number of ether oxygens (including phenoxy) is 2. The minimum Gasteiger partial charge on any atom is -0.493 e. The fourth-order valence-electron chi connectivity index (χ4n) is 5.24. The molecule has 2 aliphatic rings. The lowest BCUT2D eigenvalue weighted by molar-refractivity contribution is 0.158. The van der Waals surface area contributed by atoms with Gasteiger partial charge in [-0.05, 0) is 65.4 Å². The second kappa shape index (κ2) is 7.98. The van der Waals surface area contributed by atoms with Gasteiger partial charge in [-0.15, -0.1) is 0 Å². The summed E-state index contributed by atoms with van der Waals surface area (Å²) in [6.07, 6.45) is 2.03. The van der Waals surface area contributed by atoms with E-state index in [0.717, 1.165) is 47.5 Å². The number of rotatable bonds is 4. The van der Waals surface area contributed by atoms with Gasteiger partial charge >= 0.3 is 0 Å². The molecule has 4 nitrogen and oxygen atoms in total. The summed E-state index contributed by atoms with van der Waals surface area (Å²) in [6.45, 7) is 2.56. The standard InChI is InChI=1S/C27H25BrN2O2/c1-31-26-14-20-18(11-27(26)32-16-17-5-3-2-4-6-17)9-10-30-15-24-22(13-25(20)30)21-12-19(28)7-8-23(21)29-24/h2-8,11-12,14,25,29H,9-10,13,15-16H2,1H3. The summed E-state index contributed by atoms with van der Waals surface area (Å²) < 4.78 is 13.1. The van der Waals surface area contributed by atoms with E-state index in [1.165, 1.54) is 33.3 Å². The van der Waals surface area contributed by atoms with Crippen molar-refractivity contribution in [3.8, 4) is 11.5 Å². The number of halogens is 1. The van der Waals surface area contributed by atoms with Crippen molar-refractivity contribution in [3.63, 3.8) is 0 Å². The maximum atomic E-state index is 6.18. The molecule has 1 aromatic heterocycles. The maximum Gasteiger partial charge on any atom is 0.161 e. The number of hydrogen-bond acceptors (Lipinski definition) is 3. The van der Waals surface area contributed by atoms with Crippen LogP contribution in [0.15, 0.2) is 65.1 Å². The molecule has 2 aliphatic heterocycles. The third-order valence-corrected chi connectivity index (χ3v) is 7.34. The Hall–Kier alpha value is -2.76. The van der Waals surface area contributed by atoms with Crippen LogP contribution in [-0.2, 0) is 26.0 Å². The molecule has 6 rings (SSSR count). The number of fused-ring (bicyclic) bond motifs is 6. The summed E-state index contributed by atoms with van der Waals surface area (Å²) >= 11 is 3.64. The van der Waals surface area contributed by atoms with E-state index >= 15 is 0 Å². The van der Waals surface area contributed by atoms with E-state index < -0.39 is 0 Å². The van der Waals surface area contributed by atoms with Crippen LogP contribution >= 0.6 is 15.9 Å². The molecule has 0 spiro atoms. The number of benzene rings is 3. The van der Waals surface area contributed by atoms with Crippen LogP contribution < -0.4 is 9.47 Å². The van der Waals surface area contributed by atoms with Crippen LogP contribution in [0, 0.1) is 0 Å². The summed E-state index contributed by atoms with van der Waals surface area (Å²) in [6, 6.07) is 21.6. The molecule has 32 heavy (non-hydrogen) atoms. The van der Waals surface area contributed by atoms with Crippen molar-refractivity contribution >= 4 is 26.8 Å². The van der Waals surface area contributed by atoms with E-state index in [1.54, 1.807) is 7.11 Å². The smallest absolute Gasteiger partial charge is 0.161 e. The normalized spacial score (nSPS) is 17.5. The number of aromatic amines is 1. The first-order chi connectivity index (χ1) is 15.7. The molecule has 0 amide bonds. The Morgan fingerprint density at radius 1 is 1.06 bits per heavy atom. The average Bonchev–Trinajstić information content (AvgIpc) is 3.18. The van der Waals surface area contributed by atoms with Crippen LogP contribution in [0.1, 0.15) is 34.0 Å². The van der Waals surface area contributed by atoms with Gasteiger partial charge in [-0.2, -0.15) is 0 Å². The molecule has 0 saturated heterocycles. The van der Waals surface area contributed by atoms with Crippen molar-refractivity contribution < 1.29 is 9.47 Å². The highest BCUT2D eigenvalue weighted by Crippen LogP contribution is 2.44. The summed E-state index contributed by atoms with van der Waals surface area (Å²) in [5.41, 5.74) is 7.92. The van der Waals surface area contributed by atoms with Gasteiger partial charge in [0.15, 0.2) is 11.5 Å². The SMILES string of the molecule is COc1cc2c(cc1OCc1ccccc1)CCN1Cc3[nH]c4ccc(Br)cc4c3CC21. The zero-order valence-electron chi connectivity index (χ0n) is 18.0. The summed E-state index contributed by atoms with van der Waals surface area (Å²) in [5.74, 6) is 1.64. The van der Waals surface area contributed by atoms with Crippen molar-refractivity contribution in [1.82, 2.24) is 9.88 Å². The monoisotopic (exact) mass is 488 g/mol. The molecule has 1 N–H and O–H groups in total. The van der Waals surface area contributed by atoms with E-state index in [2.05, 4.69) is 68.3 Å². The van der Waals surface area contributed by atoms with Gasteiger partial charge < -0.3 is 14.5 Å². The summed E-state index contributed by atoms with van der Waals surface area (Å²) in [7, 11) is 1.73. The predicted molar refractivity (Wildman–Crippen MR) is 130 cm³/mol. The Balaban J connectivity index is 1.34. The molecule has 0 bridgehead atoms. The third kappa shape index (κ3) is 3.40. The van der Waals surface area contributed by atoms with Crippen LogP contribution in [0.4, 0.5) is 0 Å². The quantitative estimate of drug-likeness (QED) is 0.373. The van der Waals surface area contributed by atoms with Crippen molar-refractivity contribution in [3.05, 3.63) is 93.1 Å². The topological polar surface area (TPSA) is 37.5 Å². The molecule has 0 saturated carbocycles. The predicted octanol–water partition coefficient (Wildman–Crippen LogP) is 6.17. The first-order valence-corrected chi connectivity index (χ1v) is 11.9. The molecule has 0 fully saturated rings. The molecule has 4 aromatic rings. The Morgan fingerprint density at radius 2 is 1.94 bits per heavy atom. The Labute approximate surface area is 196 Å².